The second kappa shape index (κ2) is 6.91. The fourth-order valence-electron chi connectivity index (χ4n) is 4.01. The number of hydrogen-bond donors (Lipinski definition) is 2. The molecule has 0 atom stereocenters. The summed E-state index contributed by atoms with van der Waals surface area (Å²) in [5.41, 5.74) is 6.40. The third-order valence-electron chi connectivity index (χ3n) is 5.27. The second-order valence-corrected chi connectivity index (χ2v) is 6.70. The first-order valence-corrected chi connectivity index (χ1v) is 8.26. The number of nitrogens with two attached hydrogens (primary N) is 1. The average Bonchev–Trinajstić information content (AvgIpc) is 2.43. The van der Waals surface area contributed by atoms with Gasteiger partial charge in [0, 0.05) is 18.1 Å². The normalized spacial score (nSPS) is 34.7. The molecule has 2 aliphatic rings. The predicted octanol–water partition coefficient (Wildman–Crippen LogP) is 3.60. The summed E-state index contributed by atoms with van der Waals surface area (Å²) in [6.07, 6.45) is 15.2. The highest BCUT2D eigenvalue weighted by Gasteiger charge is 2.35. The zero-order valence-electron chi connectivity index (χ0n) is 12.2. The standard InChI is InChI=1S/C16H32N2/c1-2-6-14-9-11-16(13-17,12-10-14)18-15-7-4-3-5-8-15/h14-15,18H,2-13,17H2,1H3. The minimum atomic E-state index is 0.284. The highest BCUT2D eigenvalue weighted by atomic mass is 15.0. The Kier molecular flexibility index (Phi) is 5.50. The third kappa shape index (κ3) is 3.71. The van der Waals surface area contributed by atoms with Crippen LogP contribution in [0.3, 0.4) is 0 Å². The molecule has 0 spiro atoms. The van der Waals surface area contributed by atoms with Gasteiger partial charge in [0.1, 0.15) is 0 Å². The van der Waals surface area contributed by atoms with Crippen LogP contribution in [0.15, 0.2) is 0 Å². The molecular formula is C16H32N2. The summed E-state index contributed by atoms with van der Waals surface area (Å²) in [5.74, 6) is 0.975. The van der Waals surface area contributed by atoms with Crippen LogP contribution in [0.4, 0.5) is 0 Å². The van der Waals surface area contributed by atoms with Crippen molar-refractivity contribution < 1.29 is 0 Å². The van der Waals surface area contributed by atoms with Crippen molar-refractivity contribution in [1.82, 2.24) is 5.32 Å². The van der Waals surface area contributed by atoms with Gasteiger partial charge in [0.15, 0.2) is 0 Å². The van der Waals surface area contributed by atoms with Gasteiger partial charge in [0.2, 0.25) is 0 Å². The topological polar surface area (TPSA) is 38.0 Å². The lowest BCUT2D eigenvalue weighted by atomic mass is 9.74. The third-order valence-corrected chi connectivity index (χ3v) is 5.27. The Labute approximate surface area is 113 Å². The predicted molar refractivity (Wildman–Crippen MR) is 78.7 cm³/mol. The van der Waals surface area contributed by atoms with Gasteiger partial charge in [-0.05, 0) is 44.4 Å². The maximum atomic E-state index is 6.11. The van der Waals surface area contributed by atoms with E-state index < -0.39 is 0 Å². The highest BCUT2D eigenvalue weighted by molar-refractivity contribution is 4.96. The first kappa shape index (κ1) is 14.3. The van der Waals surface area contributed by atoms with E-state index in [0.29, 0.717) is 0 Å². The Bertz CT molecular complexity index is 225. The second-order valence-electron chi connectivity index (χ2n) is 6.70. The Morgan fingerprint density at radius 3 is 2.28 bits per heavy atom. The number of rotatable bonds is 5. The highest BCUT2D eigenvalue weighted by Crippen LogP contribution is 2.35. The molecule has 0 aromatic heterocycles. The SMILES string of the molecule is CCCC1CCC(CN)(NC2CCCCC2)CC1. The van der Waals surface area contributed by atoms with E-state index in [4.69, 9.17) is 5.73 Å². The minimum absolute atomic E-state index is 0.284. The fraction of sp³-hybridized carbons (Fsp3) is 1.00. The van der Waals surface area contributed by atoms with E-state index in [0.717, 1.165) is 18.5 Å². The largest absolute Gasteiger partial charge is 0.329 e. The molecule has 0 aromatic rings. The minimum Gasteiger partial charge on any atom is -0.329 e. The van der Waals surface area contributed by atoms with Crippen LogP contribution in [-0.2, 0) is 0 Å². The molecular weight excluding hydrogens is 220 g/mol. The van der Waals surface area contributed by atoms with Gasteiger partial charge in [-0.2, -0.15) is 0 Å². The first-order valence-electron chi connectivity index (χ1n) is 8.26. The monoisotopic (exact) mass is 252 g/mol. The van der Waals surface area contributed by atoms with Crippen LogP contribution in [0.1, 0.15) is 77.6 Å². The molecule has 0 radical (unpaired) electrons. The maximum Gasteiger partial charge on any atom is 0.0306 e. The van der Waals surface area contributed by atoms with Crippen molar-refractivity contribution in [2.75, 3.05) is 6.54 Å². The Morgan fingerprint density at radius 1 is 1.06 bits per heavy atom. The average molecular weight is 252 g/mol. The van der Waals surface area contributed by atoms with Crippen LogP contribution in [-0.4, -0.2) is 18.1 Å². The number of nitrogens with one attached hydrogen (secondary N) is 1. The summed E-state index contributed by atoms with van der Waals surface area (Å²) in [7, 11) is 0. The molecule has 18 heavy (non-hydrogen) atoms. The van der Waals surface area contributed by atoms with Crippen LogP contribution < -0.4 is 11.1 Å². The molecule has 2 heteroatoms. The molecule has 2 aliphatic carbocycles. The van der Waals surface area contributed by atoms with Gasteiger partial charge < -0.3 is 11.1 Å². The summed E-state index contributed by atoms with van der Waals surface area (Å²) in [6.45, 7) is 3.15. The maximum absolute atomic E-state index is 6.11. The van der Waals surface area contributed by atoms with Crippen LogP contribution in [0.25, 0.3) is 0 Å². The van der Waals surface area contributed by atoms with E-state index in [9.17, 15) is 0 Å². The molecule has 2 fully saturated rings. The first-order chi connectivity index (χ1) is 8.78. The van der Waals surface area contributed by atoms with Gasteiger partial charge in [-0.15, -0.1) is 0 Å². The van der Waals surface area contributed by atoms with E-state index in [-0.39, 0.29) is 5.54 Å². The van der Waals surface area contributed by atoms with Crippen molar-refractivity contribution in [1.29, 1.82) is 0 Å². The Balaban J connectivity index is 1.83. The molecule has 0 amide bonds. The van der Waals surface area contributed by atoms with E-state index in [1.54, 1.807) is 0 Å². The van der Waals surface area contributed by atoms with Gasteiger partial charge in [0.05, 0.1) is 0 Å². The molecule has 106 valence electrons. The summed E-state index contributed by atoms with van der Waals surface area (Å²) < 4.78 is 0. The number of hydrogen-bond acceptors (Lipinski definition) is 2. The zero-order valence-corrected chi connectivity index (χ0v) is 12.2. The molecule has 2 nitrogen and oxygen atoms in total. The molecule has 0 bridgehead atoms. The summed E-state index contributed by atoms with van der Waals surface area (Å²) >= 11 is 0. The lowest BCUT2D eigenvalue weighted by Gasteiger charge is -2.43. The molecule has 0 aliphatic heterocycles. The lowest BCUT2D eigenvalue weighted by molar-refractivity contribution is 0.158. The molecule has 3 N–H and O–H groups in total. The summed E-state index contributed by atoms with van der Waals surface area (Å²) in [4.78, 5) is 0. The van der Waals surface area contributed by atoms with Crippen molar-refractivity contribution in [3.8, 4) is 0 Å². The van der Waals surface area contributed by atoms with Crippen molar-refractivity contribution in [2.24, 2.45) is 11.7 Å². The fourth-order valence-corrected chi connectivity index (χ4v) is 4.01. The van der Waals surface area contributed by atoms with Crippen LogP contribution in [0.5, 0.6) is 0 Å². The van der Waals surface area contributed by atoms with Gasteiger partial charge >= 0.3 is 0 Å². The van der Waals surface area contributed by atoms with E-state index in [1.165, 1.54) is 70.6 Å². The van der Waals surface area contributed by atoms with E-state index in [1.807, 2.05) is 0 Å². The molecule has 2 rings (SSSR count). The summed E-state index contributed by atoms with van der Waals surface area (Å²) in [6, 6.07) is 0.755. The smallest absolute Gasteiger partial charge is 0.0306 e. The summed E-state index contributed by atoms with van der Waals surface area (Å²) in [5, 5.41) is 3.96. The quantitative estimate of drug-likeness (QED) is 0.784. The van der Waals surface area contributed by atoms with Crippen molar-refractivity contribution in [3.05, 3.63) is 0 Å². The van der Waals surface area contributed by atoms with Crippen LogP contribution in [0.2, 0.25) is 0 Å². The van der Waals surface area contributed by atoms with Gasteiger partial charge in [-0.3, -0.25) is 0 Å². The molecule has 0 aromatic carbocycles. The van der Waals surface area contributed by atoms with Gasteiger partial charge in [-0.1, -0.05) is 39.0 Å². The zero-order chi connectivity index (χ0) is 12.8. The van der Waals surface area contributed by atoms with Crippen LogP contribution >= 0.6 is 0 Å². The van der Waals surface area contributed by atoms with Crippen molar-refractivity contribution in [3.63, 3.8) is 0 Å². The van der Waals surface area contributed by atoms with E-state index in [2.05, 4.69) is 12.2 Å². The van der Waals surface area contributed by atoms with Gasteiger partial charge in [-0.25, -0.2) is 0 Å². The lowest BCUT2D eigenvalue weighted by Crippen LogP contribution is -2.57. The molecule has 0 unspecified atom stereocenters. The Morgan fingerprint density at radius 2 is 1.72 bits per heavy atom. The molecule has 0 saturated heterocycles. The van der Waals surface area contributed by atoms with E-state index >= 15 is 0 Å². The van der Waals surface area contributed by atoms with Crippen LogP contribution in [0, 0.1) is 5.92 Å². The Hall–Kier alpha value is -0.0800. The van der Waals surface area contributed by atoms with Crippen molar-refractivity contribution in [2.45, 2.75) is 89.1 Å². The molecule has 2 saturated carbocycles. The van der Waals surface area contributed by atoms with Gasteiger partial charge in [0.25, 0.3) is 0 Å². The molecule has 0 heterocycles. The van der Waals surface area contributed by atoms with Crippen molar-refractivity contribution >= 4 is 0 Å².